The van der Waals surface area contributed by atoms with E-state index in [4.69, 9.17) is 4.74 Å². The summed E-state index contributed by atoms with van der Waals surface area (Å²) in [5.74, 6) is 1.49. The van der Waals surface area contributed by atoms with Gasteiger partial charge in [-0.3, -0.25) is 0 Å². The fraction of sp³-hybridized carbons (Fsp3) is 0.909. The molecule has 0 radical (unpaired) electrons. The van der Waals surface area contributed by atoms with E-state index in [1.165, 1.54) is 33.0 Å². The molecule has 4 heterocycles. The lowest BCUT2D eigenvalue weighted by molar-refractivity contribution is 0.0708. The molecule has 0 saturated carbocycles. The Morgan fingerprint density at radius 3 is 2.67 bits per heavy atom. The molecule has 4 unspecified atom stereocenters. The number of ether oxygens (including phenoxy) is 1. The Bertz CT molecular complexity index is 268. The predicted molar refractivity (Wildman–Crippen MR) is 55.6 cm³/mol. The molecule has 0 aromatic rings. The van der Waals surface area contributed by atoms with Crippen molar-refractivity contribution in [2.24, 2.45) is 11.8 Å². The number of carbonyl (C=O) groups excluding carboxylic acids is 1. The Morgan fingerprint density at radius 2 is 1.93 bits per heavy atom. The molecule has 4 saturated heterocycles. The molecule has 0 aliphatic carbocycles. The zero-order chi connectivity index (χ0) is 10.4. The van der Waals surface area contributed by atoms with Crippen LogP contribution >= 0.6 is 0 Å². The first kappa shape index (κ1) is 9.46. The highest BCUT2D eigenvalue weighted by Gasteiger charge is 2.43. The Labute approximate surface area is 90.2 Å². The van der Waals surface area contributed by atoms with Crippen LogP contribution in [0.2, 0.25) is 0 Å². The molecule has 4 bridgehead atoms. The first-order valence-corrected chi connectivity index (χ1v) is 5.83. The van der Waals surface area contributed by atoms with Gasteiger partial charge in [-0.25, -0.2) is 4.79 Å². The van der Waals surface area contributed by atoms with Crippen LogP contribution in [0.3, 0.4) is 0 Å². The number of fused-ring (bicyclic) bond motifs is 1. The number of methoxy groups -OCH3 is 1. The van der Waals surface area contributed by atoms with Gasteiger partial charge in [0.2, 0.25) is 0 Å². The van der Waals surface area contributed by atoms with E-state index in [0.29, 0.717) is 12.0 Å². The van der Waals surface area contributed by atoms with Gasteiger partial charge < -0.3 is 14.5 Å². The predicted octanol–water partition coefficient (Wildman–Crippen LogP) is 0.779. The van der Waals surface area contributed by atoms with Crippen molar-refractivity contribution < 1.29 is 9.53 Å². The third kappa shape index (κ3) is 1.51. The van der Waals surface area contributed by atoms with E-state index in [-0.39, 0.29) is 6.09 Å². The van der Waals surface area contributed by atoms with Crippen LogP contribution < -0.4 is 0 Å². The lowest BCUT2D eigenvalue weighted by Crippen LogP contribution is -2.50. The van der Waals surface area contributed by atoms with E-state index < -0.39 is 0 Å². The summed E-state index contributed by atoms with van der Waals surface area (Å²) >= 11 is 0. The van der Waals surface area contributed by atoms with Crippen molar-refractivity contribution in [1.29, 1.82) is 0 Å². The molecule has 4 heteroatoms. The molecule has 1 amide bonds. The van der Waals surface area contributed by atoms with Gasteiger partial charge in [0.1, 0.15) is 0 Å². The Kier molecular flexibility index (Phi) is 2.12. The average Bonchev–Trinajstić information content (AvgIpc) is 2.42. The molecule has 4 rings (SSSR count). The molecular formula is C11H18N2O2. The van der Waals surface area contributed by atoms with Gasteiger partial charge in [-0.05, 0) is 24.7 Å². The molecule has 0 aromatic heterocycles. The number of nitrogens with zero attached hydrogens (tertiary/aromatic N) is 2. The summed E-state index contributed by atoms with van der Waals surface area (Å²) in [6.45, 7) is 4.40. The van der Waals surface area contributed by atoms with E-state index in [9.17, 15) is 4.79 Å². The zero-order valence-corrected chi connectivity index (χ0v) is 9.19. The molecular weight excluding hydrogens is 192 g/mol. The lowest BCUT2D eigenvalue weighted by Gasteiger charge is -2.41. The van der Waals surface area contributed by atoms with Gasteiger partial charge >= 0.3 is 6.09 Å². The van der Waals surface area contributed by atoms with Gasteiger partial charge in [0.05, 0.1) is 7.11 Å². The fourth-order valence-corrected chi connectivity index (χ4v) is 3.63. The second-order valence-corrected chi connectivity index (χ2v) is 5.20. The molecule has 4 nitrogen and oxygen atoms in total. The molecule has 4 fully saturated rings. The van der Waals surface area contributed by atoms with Gasteiger partial charge in [0.15, 0.2) is 0 Å². The topological polar surface area (TPSA) is 32.8 Å². The van der Waals surface area contributed by atoms with E-state index in [0.717, 1.165) is 19.0 Å². The van der Waals surface area contributed by atoms with Crippen molar-refractivity contribution in [2.45, 2.75) is 18.9 Å². The van der Waals surface area contributed by atoms with Gasteiger partial charge in [-0.15, -0.1) is 0 Å². The van der Waals surface area contributed by atoms with Gasteiger partial charge in [-0.1, -0.05) is 0 Å². The minimum atomic E-state index is -0.130. The van der Waals surface area contributed by atoms with Crippen LogP contribution in [0.5, 0.6) is 0 Å². The standard InChI is InChI=1S/C11H18N2O2/c1-15-11(14)13-6-9-2-8-3-10(13)7-12(4-8)5-9/h8-10H,2-7H2,1H3. The third-order valence-corrected chi connectivity index (χ3v) is 4.08. The molecule has 0 N–H and O–H groups in total. The maximum absolute atomic E-state index is 11.7. The van der Waals surface area contributed by atoms with Gasteiger partial charge in [-0.2, -0.15) is 0 Å². The van der Waals surface area contributed by atoms with Crippen LogP contribution in [0.25, 0.3) is 0 Å². The highest BCUT2D eigenvalue weighted by atomic mass is 16.5. The molecule has 84 valence electrons. The first-order valence-electron chi connectivity index (χ1n) is 5.83. The van der Waals surface area contributed by atoms with Crippen LogP contribution in [-0.2, 0) is 4.74 Å². The smallest absolute Gasteiger partial charge is 0.409 e. The molecule has 4 atom stereocenters. The quantitative estimate of drug-likeness (QED) is 0.592. The van der Waals surface area contributed by atoms with Crippen LogP contribution in [0.4, 0.5) is 4.79 Å². The summed E-state index contributed by atoms with van der Waals surface area (Å²) in [5.41, 5.74) is 0. The molecule has 0 spiro atoms. The minimum absolute atomic E-state index is 0.130. The number of carbonyl (C=O) groups is 1. The first-order chi connectivity index (χ1) is 7.26. The second kappa shape index (κ2) is 3.37. The summed E-state index contributed by atoms with van der Waals surface area (Å²) in [5, 5.41) is 0. The van der Waals surface area contributed by atoms with E-state index >= 15 is 0 Å². The SMILES string of the molecule is COC(=O)N1CC2CC3CC1CN(C3)C2. The lowest BCUT2D eigenvalue weighted by atomic mass is 9.84. The summed E-state index contributed by atoms with van der Waals surface area (Å²) in [7, 11) is 1.48. The van der Waals surface area contributed by atoms with Crippen LogP contribution in [0.15, 0.2) is 0 Å². The van der Waals surface area contributed by atoms with Crippen LogP contribution in [-0.4, -0.2) is 55.2 Å². The third-order valence-electron chi connectivity index (χ3n) is 4.08. The van der Waals surface area contributed by atoms with Gasteiger partial charge in [0, 0.05) is 32.2 Å². The molecule has 4 aliphatic rings. The van der Waals surface area contributed by atoms with E-state index in [1.807, 2.05) is 4.90 Å². The monoisotopic (exact) mass is 210 g/mol. The largest absolute Gasteiger partial charge is 0.453 e. The highest BCUT2D eigenvalue weighted by Crippen LogP contribution is 2.36. The van der Waals surface area contributed by atoms with Gasteiger partial charge in [0.25, 0.3) is 0 Å². The van der Waals surface area contributed by atoms with Crippen molar-refractivity contribution >= 4 is 6.09 Å². The van der Waals surface area contributed by atoms with E-state index in [1.54, 1.807) is 0 Å². The second-order valence-electron chi connectivity index (χ2n) is 5.20. The van der Waals surface area contributed by atoms with E-state index in [2.05, 4.69) is 4.90 Å². The van der Waals surface area contributed by atoms with Crippen molar-refractivity contribution in [3.8, 4) is 0 Å². The summed E-state index contributed by atoms with van der Waals surface area (Å²) in [4.78, 5) is 16.2. The maximum Gasteiger partial charge on any atom is 0.409 e. The normalized spacial score (nSPS) is 42.9. The fourth-order valence-electron chi connectivity index (χ4n) is 3.63. The Balaban J connectivity index is 1.85. The van der Waals surface area contributed by atoms with Crippen molar-refractivity contribution in [2.75, 3.05) is 33.3 Å². The number of amides is 1. The number of rotatable bonds is 0. The average molecular weight is 210 g/mol. The zero-order valence-electron chi connectivity index (χ0n) is 9.19. The number of piperidine rings is 2. The van der Waals surface area contributed by atoms with Crippen molar-refractivity contribution in [1.82, 2.24) is 9.80 Å². The Morgan fingerprint density at radius 1 is 1.13 bits per heavy atom. The summed E-state index contributed by atoms with van der Waals surface area (Å²) in [6.07, 6.45) is 2.36. The van der Waals surface area contributed by atoms with Crippen LogP contribution in [0, 0.1) is 11.8 Å². The van der Waals surface area contributed by atoms with Crippen LogP contribution in [0.1, 0.15) is 12.8 Å². The highest BCUT2D eigenvalue weighted by molar-refractivity contribution is 5.68. The summed E-state index contributed by atoms with van der Waals surface area (Å²) in [6, 6.07) is 0.406. The minimum Gasteiger partial charge on any atom is -0.453 e. The number of hydrogen-bond acceptors (Lipinski definition) is 3. The molecule has 4 aliphatic heterocycles. The maximum atomic E-state index is 11.7. The Hall–Kier alpha value is -0.770. The van der Waals surface area contributed by atoms with Crippen molar-refractivity contribution in [3.05, 3.63) is 0 Å². The molecule has 15 heavy (non-hydrogen) atoms. The van der Waals surface area contributed by atoms with Crippen molar-refractivity contribution in [3.63, 3.8) is 0 Å². The number of hydrogen-bond donors (Lipinski definition) is 0. The summed E-state index contributed by atoms with van der Waals surface area (Å²) < 4.78 is 4.87. The molecule has 0 aromatic carbocycles.